The zero-order valence-corrected chi connectivity index (χ0v) is 12.9. The van der Waals surface area contributed by atoms with Crippen LogP contribution in [-0.4, -0.2) is 38.3 Å². The molecule has 1 aromatic heterocycles. The average Bonchev–Trinajstić information content (AvgIpc) is 2.43. The standard InChI is InChI=1S/C16H27N3O/c1-13-9-14(2)12-19(11-13)16-15(5-4-6-18-16)10-17-7-8-20-3/h4-6,13-14,17H,7-12H2,1-3H3. The van der Waals surface area contributed by atoms with Gasteiger partial charge < -0.3 is 15.0 Å². The second-order valence-electron chi connectivity index (χ2n) is 6.01. The van der Waals surface area contributed by atoms with Crippen LogP contribution in [0.4, 0.5) is 5.82 Å². The summed E-state index contributed by atoms with van der Waals surface area (Å²) in [5.74, 6) is 2.64. The number of pyridine rings is 1. The van der Waals surface area contributed by atoms with Crippen LogP contribution >= 0.6 is 0 Å². The molecule has 0 aliphatic carbocycles. The van der Waals surface area contributed by atoms with Gasteiger partial charge in [-0.2, -0.15) is 0 Å². The molecule has 20 heavy (non-hydrogen) atoms. The predicted octanol–water partition coefficient (Wildman–Crippen LogP) is 2.30. The first-order valence-electron chi connectivity index (χ1n) is 7.59. The molecular formula is C16H27N3O. The zero-order valence-electron chi connectivity index (χ0n) is 12.9. The van der Waals surface area contributed by atoms with Gasteiger partial charge in [0, 0.05) is 45.0 Å². The van der Waals surface area contributed by atoms with Gasteiger partial charge in [0.2, 0.25) is 0 Å². The van der Waals surface area contributed by atoms with E-state index in [2.05, 4.69) is 35.1 Å². The molecule has 2 atom stereocenters. The number of nitrogens with one attached hydrogen (secondary N) is 1. The maximum Gasteiger partial charge on any atom is 0.133 e. The average molecular weight is 277 g/mol. The number of hydrogen-bond donors (Lipinski definition) is 1. The van der Waals surface area contributed by atoms with Crippen LogP contribution in [0.25, 0.3) is 0 Å². The minimum Gasteiger partial charge on any atom is -0.383 e. The lowest BCUT2D eigenvalue weighted by Gasteiger charge is -2.36. The molecule has 1 fully saturated rings. The Morgan fingerprint density at radius 3 is 2.80 bits per heavy atom. The highest BCUT2D eigenvalue weighted by atomic mass is 16.5. The number of rotatable bonds is 6. The number of nitrogens with zero attached hydrogens (tertiary/aromatic N) is 2. The van der Waals surface area contributed by atoms with Crippen molar-refractivity contribution in [3.63, 3.8) is 0 Å². The summed E-state index contributed by atoms with van der Waals surface area (Å²) in [7, 11) is 1.73. The zero-order chi connectivity index (χ0) is 14.4. The molecule has 0 amide bonds. The van der Waals surface area contributed by atoms with Gasteiger partial charge in [0.1, 0.15) is 5.82 Å². The van der Waals surface area contributed by atoms with Gasteiger partial charge in [-0.1, -0.05) is 19.9 Å². The van der Waals surface area contributed by atoms with E-state index in [0.717, 1.165) is 50.4 Å². The number of aromatic nitrogens is 1. The van der Waals surface area contributed by atoms with E-state index >= 15 is 0 Å². The molecule has 0 saturated carbocycles. The summed E-state index contributed by atoms with van der Waals surface area (Å²) in [6, 6.07) is 4.19. The largest absolute Gasteiger partial charge is 0.383 e. The van der Waals surface area contributed by atoms with Crippen molar-refractivity contribution in [2.75, 3.05) is 38.3 Å². The second-order valence-corrected chi connectivity index (χ2v) is 6.01. The normalized spacial score (nSPS) is 23.1. The summed E-state index contributed by atoms with van der Waals surface area (Å²) < 4.78 is 5.07. The van der Waals surface area contributed by atoms with Crippen LogP contribution in [0.5, 0.6) is 0 Å². The molecule has 0 bridgehead atoms. The van der Waals surface area contributed by atoms with Gasteiger partial charge in [-0.3, -0.25) is 0 Å². The van der Waals surface area contributed by atoms with Gasteiger partial charge in [0.25, 0.3) is 0 Å². The fourth-order valence-corrected chi connectivity index (χ4v) is 3.09. The lowest BCUT2D eigenvalue weighted by Crippen LogP contribution is -2.40. The van der Waals surface area contributed by atoms with E-state index in [9.17, 15) is 0 Å². The van der Waals surface area contributed by atoms with Crippen LogP contribution < -0.4 is 10.2 Å². The lowest BCUT2D eigenvalue weighted by molar-refractivity contribution is 0.199. The topological polar surface area (TPSA) is 37.4 Å². The van der Waals surface area contributed by atoms with Gasteiger partial charge >= 0.3 is 0 Å². The van der Waals surface area contributed by atoms with Crippen molar-refractivity contribution >= 4 is 5.82 Å². The first-order valence-corrected chi connectivity index (χ1v) is 7.59. The van der Waals surface area contributed by atoms with Crippen molar-refractivity contribution < 1.29 is 4.74 Å². The number of ether oxygens (including phenoxy) is 1. The lowest BCUT2D eigenvalue weighted by atomic mass is 9.91. The van der Waals surface area contributed by atoms with Gasteiger partial charge in [-0.15, -0.1) is 0 Å². The second kappa shape index (κ2) is 7.60. The Morgan fingerprint density at radius 2 is 2.10 bits per heavy atom. The van der Waals surface area contributed by atoms with E-state index in [-0.39, 0.29) is 0 Å². The summed E-state index contributed by atoms with van der Waals surface area (Å²) in [5, 5.41) is 3.41. The highest BCUT2D eigenvalue weighted by Crippen LogP contribution is 2.27. The van der Waals surface area contributed by atoms with Crippen LogP contribution in [0.3, 0.4) is 0 Å². The third-order valence-corrected chi connectivity index (χ3v) is 3.83. The van der Waals surface area contributed by atoms with Crippen LogP contribution in [0.2, 0.25) is 0 Å². The van der Waals surface area contributed by atoms with Crippen LogP contribution in [0.1, 0.15) is 25.8 Å². The van der Waals surface area contributed by atoms with E-state index in [1.165, 1.54) is 12.0 Å². The molecule has 2 heterocycles. The summed E-state index contributed by atoms with van der Waals surface area (Å²) in [6.45, 7) is 9.37. The Hall–Kier alpha value is -1.13. The Kier molecular flexibility index (Phi) is 5.80. The van der Waals surface area contributed by atoms with E-state index in [1.807, 2.05) is 12.3 Å². The third kappa shape index (κ3) is 4.18. The summed E-state index contributed by atoms with van der Waals surface area (Å²) in [4.78, 5) is 7.08. The van der Waals surface area contributed by atoms with E-state index in [4.69, 9.17) is 4.74 Å². The van der Waals surface area contributed by atoms with Crippen molar-refractivity contribution in [2.24, 2.45) is 11.8 Å². The quantitative estimate of drug-likeness (QED) is 0.810. The maximum atomic E-state index is 5.07. The number of methoxy groups -OCH3 is 1. The van der Waals surface area contributed by atoms with Gasteiger partial charge in [-0.25, -0.2) is 4.98 Å². The molecule has 1 aliphatic rings. The van der Waals surface area contributed by atoms with E-state index in [1.54, 1.807) is 7.11 Å². The molecule has 112 valence electrons. The third-order valence-electron chi connectivity index (χ3n) is 3.83. The molecule has 1 aliphatic heterocycles. The minimum atomic E-state index is 0.743. The monoisotopic (exact) mass is 277 g/mol. The summed E-state index contributed by atoms with van der Waals surface area (Å²) >= 11 is 0. The first kappa shape index (κ1) is 15.3. The molecule has 0 spiro atoms. The molecule has 0 radical (unpaired) electrons. The Morgan fingerprint density at radius 1 is 1.35 bits per heavy atom. The molecule has 2 rings (SSSR count). The number of hydrogen-bond acceptors (Lipinski definition) is 4. The van der Waals surface area contributed by atoms with Gasteiger partial charge in [0.05, 0.1) is 6.61 Å². The summed E-state index contributed by atoms with van der Waals surface area (Å²) in [6.07, 6.45) is 3.22. The van der Waals surface area contributed by atoms with Gasteiger partial charge in [0.15, 0.2) is 0 Å². The van der Waals surface area contributed by atoms with E-state index < -0.39 is 0 Å². The van der Waals surface area contributed by atoms with Crippen LogP contribution in [0.15, 0.2) is 18.3 Å². The van der Waals surface area contributed by atoms with Crippen molar-refractivity contribution in [3.05, 3.63) is 23.9 Å². The molecule has 4 nitrogen and oxygen atoms in total. The van der Waals surface area contributed by atoms with E-state index in [0.29, 0.717) is 0 Å². The van der Waals surface area contributed by atoms with Crippen molar-refractivity contribution in [2.45, 2.75) is 26.8 Å². The Bertz CT molecular complexity index is 400. The van der Waals surface area contributed by atoms with Crippen LogP contribution in [-0.2, 0) is 11.3 Å². The molecule has 2 unspecified atom stereocenters. The highest BCUT2D eigenvalue weighted by molar-refractivity contribution is 5.47. The van der Waals surface area contributed by atoms with Crippen LogP contribution in [0, 0.1) is 11.8 Å². The fraction of sp³-hybridized carbons (Fsp3) is 0.688. The number of piperidine rings is 1. The Balaban J connectivity index is 2.03. The predicted molar refractivity (Wildman–Crippen MR) is 83.0 cm³/mol. The SMILES string of the molecule is COCCNCc1cccnc1N1CC(C)CC(C)C1. The highest BCUT2D eigenvalue weighted by Gasteiger charge is 2.24. The molecule has 0 aromatic carbocycles. The first-order chi connectivity index (χ1) is 9.70. The van der Waals surface area contributed by atoms with Crippen molar-refractivity contribution in [1.29, 1.82) is 0 Å². The van der Waals surface area contributed by atoms with Crippen molar-refractivity contribution in [3.8, 4) is 0 Å². The summed E-state index contributed by atoms with van der Waals surface area (Å²) in [5.41, 5.74) is 1.28. The molecular weight excluding hydrogens is 250 g/mol. The molecule has 1 aromatic rings. The molecule has 1 N–H and O–H groups in total. The number of anilines is 1. The molecule has 4 heteroatoms. The molecule has 1 saturated heterocycles. The fourth-order valence-electron chi connectivity index (χ4n) is 3.09. The van der Waals surface area contributed by atoms with Gasteiger partial charge in [-0.05, 0) is 24.3 Å². The minimum absolute atomic E-state index is 0.743. The smallest absolute Gasteiger partial charge is 0.133 e. The maximum absolute atomic E-state index is 5.07. The Labute approximate surface area is 122 Å². The van der Waals surface area contributed by atoms with Crippen molar-refractivity contribution in [1.82, 2.24) is 10.3 Å².